The van der Waals surface area contributed by atoms with E-state index in [4.69, 9.17) is 9.47 Å². The summed E-state index contributed by atoms with van der Waals surface area (Å²) in [5, 5.41) is 2.97. The zero-order chi connectivity index (χ0) is 32.7. The number of esters is 1. The Morgan fingerprint density at radius 3 is 2.62 bits per heavy atom. The molecule has 2 amide bonds. The van der Waals surface area contributed by atoms with Gasteiger partial charge < -0.3 is 24.6 Å². The molecule has 7 rings (SSSR count). The lowest BCUT2D eigenvalue weighted by Gasteiger charge is -2.53. The van der Waals surface area contributed by atoms with Crippen LogP contribution in [0, 0.1) is 18.2 Å². The summed E-state index contributed by atoms with van der Waals surface area (Å²) in [4.78, 5) is 53.0. The van der Waals surface area contributed by atoms with Crippen molar-refractivity contribution in [3.8, 4) is 10.6 Å². The van der Waals surface area contributed by atoms with E-state index in [1.807, 2.05) is 13.0 Å². The summed E-state index contributed by atoms with van der Waals surface area (Å²) in [6, 6.07) is 12.0. The number of hydrogen-bond donors (Lipinski definition) is 1. The SMILES string of the molecule is CCOC(=O)c1sc2c(c1F)CCN(C(=O)c1ccc(NC(=O)c3cc(C)cnc3N3CC4(CCOCC4)C3)cc1)c1cccnc1-2. The van der Waals surface area contributed by atoms with E-state index >= 15 is 4.39 Å². The average Bonchev–Trinajstić information content (AvgIpc) is 3.30. The van der Waals surface area contributed by atoms with E-state index in [0.717, 1.165) is 56.0 Å². The van der Waals surface area contributed by atoms with Gasteiger partial charge in [-0.25, -0.2) is 14.2 Å². The van der Waals surface area contributed by atoms with Gasteiger partial charge in [0, 0.05) is 67.5 Å². The van der Waals surface area contributed by atoms with Crippen LogP contribution in [0.5, 0.6) is 0 Å². The molecule has 2 fully saturated rings. The van der Waals surface area contributed by atoms with Gasteiger partial charge in [0.2, 0.25) is 0 Å². The highest BCUT2D eigenvalue weighted by molar-refractivity contribution is 7.17. The van der Waals surface area contributed by atoms with E-state index in [1.54, 1.807) is 60.6 Å². The molecule has 0 saturated carbocycles. The number of halogens is 1. The van der Waals surface area contributed by atoms with Gasteiger partial charge in [-0.05, 0) is 81.1 Å². The van der Waals surface area contributed by atoms with E-state index in [0.29, 0.717) is 44.5 Å². The van der Waals surface area contributed by atoms with Crippen molar-refractivity contribution < 1.29 is 28.2 Å². The highest BCUT2D eigenvalue weighted by Crippen LogP contribution is 2.44. The van der Waals surface area contributed by atoms with Gasteiger partial charge in [-0.1, -0.05) is 0 Å². The Morgan fingerprint density at radius 1 is 1.11 bits per heavy atom. The fourth-order valence-electron chi connectivity index (χ4n) is 6.60. The number of rotatable bonds is 6. The zero-order valence-electron chi connectivity index (χ0n) is 26.2. The molecule has 0 bridgehead atoms. The van der Waals surface area contributed by atoms with Crippen LogP contribution in [0.15, 0.2) is 54.9 Å². The summed E-state index contributed by atoms with van der Waals surface area (Å²) >= 11 is 0.993. The van der Waals surface area contributed by atoms with Crippen molar-refractivity contribution in [2.45, 2.75) is 33.1 Å². The Bertz CT molecular complexity index is 1860. The van der Waals surface area contributed by atoms with Crippen LogP contribution in [0.3, 0.4) is 0 Å². The first-order valence-electron chi connectivity index (χ1n) is 15.7. The second-order valence-corrected chi connectivity index (χ2v) is 13.3. The third-order valence-electron chi connectivity index (χ3n) is 9.07. The molecule has 3 aliphatic heterocycles. The number of nitrogens with zero attached hydrogens (tertiary/aromatic N) is 4. The van der Waals surface area contributed by atoms with Crippen LogP contribution in [-0.4, -0.2) is 67.2 Å². The van der Waals surface area contributed by atoms with Gasteiger partial charge >= 0.3 is 5.97 Å². The minimum absolute atomic E-state index is 0.0902. The van der Waals surface area contributed by atoms with Gasteiger partial charge in [0.1, 0.15) is 16.4 Å². The van der Waals surface area contributed by atoms with Crippen molar-refractivity contribution in [1.29, 1.82) is 0 Å². The van der Waals surface area contributed by atoms with Gasteiger partial charge in [0.05, 0.1) is 22.7 Å². The summed E-state index contributed by atoms with van der Waals surface area (Å²) in [5.41, 5.74) is 3.87. The molecule has 0 unspecified atom stereocenters. The summed E-state index contributed by atoms with van der Waals surface area (Å²) in [7, 11) is 0. The fraction of sp³-hybridized carbons (Fsp3) is 0.343. The first-order chi connectivity index (χ1) is 22.8. The molecule has 12 heteroatoms. The number of pyridine rings is 2. The molecule has 1 aromatic carbocycles. The topological polar surface area (TPSA) is 114 Å². The maximum Gasteiger partial charge on any atom is 0.351 e. The minimum Gasteiger partial charge on any atom is -0.462 e. The Hall–Kier alpha value is -4.68. The third-order valence-corrected chi connectivity index (χ3v) is 10.3. The number of thiophene rings is 1. The number of fused-ring (bicyclic) bond motifs is 3. The van der Waals surface area contributed by atoms with Crippen molar-refractivity contribution >= 4 is 46.3 Å². The molecular weight excluding hydrogens is 621 g/mol. The van der Waals surface area contributed by atoms with Crippen molar-refractivity contribution in [2.24, 2.45) is 5.41 Å². The predicted molar refractivity (Wildman–Crippen MR) is 177 cm³/mol. The van der Waals surface area contributed by atoms with E-state index in [9.17, 15) is 14.4 Å². The second-order valence-electron chi connectivity index (χ2n) is 12.2. The Labute approximate surface area is 275 Å². The van der Waals surface area contributed by atoms with Crippen molar-refractivity contribution in [3.05, 3.63) is 87.8 Å². The molecule has 47 heavy (non-hydrogen) atoms. The lowest BCUT2D eigenvalue weighted by atomic mass is 9.73. The molecule has 1 spiro atoms. The van der Waals surface area contributed by atoms with Gasteiger partial charge in [-0.2, -0.15) is 0 Å². The van der Waals surface area contributed by atoms with Crippen LogP contribution in [0.4, 0.5) is 21.6 Å². The van der Waals surface area contributed by atoms with E-state index < -0.39 is 11.8 Å². The quantitative estimate of drug-likeness (QED) is 0.256. The number of carbonyl (C=O) groups excluding carboxylic acids is 3. The standard InChI is InChI=1S/C35H34FN5O5S/c1-3-46-34(44)30-27(36)24-10-14-41(26-5-4-13-37-28(26)29(24)47-30)33(43)22-6-8-23(9-7-22)39-32(42)25-17-21(2)18-38-31(25)40-19-35(20-40)11-15-45-16-12-35/h4-9,13,17-18H,3,10-12,14-16,19-20H2,1-2H3,(H,39,42). The average molecular weight is 656 g/mol. The van der Waals surface area contributed by atoms with Gasteiger partial charge in [-0.3, -0.25) is 14.6 Å². The molecular formula is C35H34FN5O5S. The molecule has 0 atom stereocenters. The van der Waals surface area contributed by atoms with Crippen LogP contribution in [0.25, 0.3) is 10.6 Å². The first kappa shape index (κ1) is 30.9. The molecule has 0 aliphatic carbocycles. The summed E-state index contributed by atoms with van der Waals surface area (Å²) in [6.45, 7) is 7.15. The number of ether oxygens (including phenoxy) is 2. The highest BCUT2D eigenvalue weighted by Gasteiger charge is 2.45. The number of nitrogens with one attached hydrogen (secondary N) is 1. The van der Waals surface area contributed by atoms with Gasteiger partial charge in [0.25, 0.3) is 11.8 Å². The molecule has 3 aromatic heterocycles. The zero-order valence-corrected chi connectivity index (χ0v) is 27.0. The third kappa shape index (κ3) is 5.76. The predicted octanol–water partition coefficient (Wildman–Crippen LogP) is 5.90. The summed E-state index contributed by atoms with van der Waals surface area (Å²) < 4.78 is 26.0. The Balaban J connectivity index is 1.08. The van der Waals surface area contributed by atoms with E-state index in [1.165, 1.54) is 0 Å². The van der Waals surface area contributed by atoms with Crippen LogP contribution < -0.4 is 15.1 Å². The van der Waals surface area contributed by atoms with Crippen molar-refractivity contribution in [3.63, 3.8) is 0 Å². The smallest absolute Gasteiger partial charge is 0.351 e. The molecule has 242 valence electrons. The van der Waals surface area contributed by atoms with Gasteiger partial charge in [0.15, 0.2) is 5.82 Å². The molecule has 10 nitrogen and oxygen atoms in total. The second kappa shape index (κ2) is 12.5. The van der Waals surface area contributed by atoms with Crippen LogP contribution in [0.1, 0.15) is 61.3 Å². The van der Waals surface area contributed by atoms with Crippen molar-refractivity contribution in [1.82, 2.24) is 9.97 Å². The van der Waals surface area contributed by atoms with Crippen LogP contribution in [-0.2, 0) is 15.9 Å². The van der Waals surface area contributed by atoms with Crippen LogP contribution >= 0.6 is 11.3 Å². The number of benzene rings is 1. The molecule has 1 N–H and O–H groups in total. The number of anilines is 3. The Kier molecular flexibility index (Phi) is 8.23. The minimum atomic E-state index is -0.709. The number of amides is 2. The number of aryl methyl sites for hydroxylation is 1. The fourth-order valence-corrected chi connectivity index (χ4v) is 7.73. The largest absolute Gasteiger partial charge is 0.462 e. The summed E-state index contributed by atoms with van der Waals surface area (Å²) in [5.74, 6) is -1.22. The normalized spacial score (nSPS) is 16.5. The molecule has 0 radical (unpaired) electrons. The lowest BCUT2D eigenvalue weighted by molar-refractivity contribution is -0.000512. The van der Waals surface area contributed by atoms with Gasteiger partial charge in [-0.15, -0.1) is 11.3 Å². The number of carbonyl (C=O) groups is 3. The lowest BCUT2D eigenvalue weighted by Crippen LogP contribution is -2.59. The molecule has 2 saturated heterocycles. The maximum absolute atomic E-state index is 15.4. The van der Waals surface area contributed by atoms with E-state index in [-0.39, 0.29) is 41.7 Å². The first-order valence-corrected chi connectivity index (χ1v) is 16.5. The molecule has 6 heterocycles. The maximum atomic E-state index is 15.4. The van der Waals surface area contributed by atoms with Crippen molar-refractivity contribution in [2.75, 3.05) is 54.6 Å². The highest BCUT2D eigenvalue weighted by atomic mass is 32.1. The molecule has 3 aliphatic rings. The molecule has 4 aromatic rings. The Morgan fingerprint density at radius 2 is 1.87 bits per heavy atom. The summed E-state index contributed by atoms with van der Waals surface area (Å²) in [6.07, 6.45) is 5.60. The number of hydrogen-bond acceptors (Lipinski definition) is 9. The van der Waals surface area contributed by atoms with Crippen LogP contribution in [0.2, 0.25) is 0 Å². The number of aromatic nitrogens is 2. The monoisotopic (exact) mass is 655 g/mol. The van der Waals surface area contributed by atoms with E-state index in [2.05, 4.69) is 20.2 Å².